The van der Waals surface area contributed by atoms with Crippen molar-refractivity contribution in [1.82, 2.24) is 9.71 Å². The van der Waals surface area contributed by atoms with Crippen LogP contribution in [-0.4, -0.2) is 40.1 Å². The molecule has 2 unspecified atom stereocenters. The molecule has 0 bridgehead atoms. The highest BCUT2D eigenvalue weighted by molar-refractivity contribution is 7.90. The quantitative estimate of drug-likeness (QED) is 0.0585. The molecule has 0 fully saturated rings. The van der Waals surface area contributed by atoms with Gasteiger partial charge in [0.15, 0.2) is 10.2 Å². The molecule has 54 heavy (non-hydrogen) atoms. The second-order valence-corrected chi connectivity index (χ2v) is 16.7. The predicted octanol–water partition coefficient (Wildman–Crippen LogP) is 13.3. The molecule has 2 N–H and O–H groups in total. The van der Waals surface area contributed by atoms with Gasteiger partial charge in [0.2, 0.25) is 5.13 Å². The fourth-order valence-corrected chi connectivity index (χ4v) is 7.95. The lowest BCUT2D eigenvalue weighted by Crippen LogP contribution is -2.35. The van der Waals surface area contributed by atoms with Crippen molar-refractivity contribution in [3.05, 3.63) is 47.1 Å². The van der Waals surface area contributed by atoms with Crippen molar-refractivity contribution in [1.29, 1.82) is 0 Å². The highest BCUT2D eigenvalue weighted by Crippen LogP contribution is 2.43. The van der Waals surface area contributed by atoms with E-state index in [4.69, 9.17) is 16.3 Å². The summed E-state index contributed by atoms with van der Waals surface area (Å²) in [7, 11) is -2.29. The summed E-state index contributed by atoms with van der Waals surface area (Å²) in [4.78, 5) is 6.74. The molecule has 300 valence electrons. The molecule has 0 aliphatic carbocycles. The molecule has 2 atom stereocenters. The van der Waals surface area contributed by atoms with Gasteiger partial charge in [-0.3, -0.25) is 4.72 Å². The first-order chi connectivity index (χ1) is 26.1. The number of hydrogen-bond acceptors (Lipinski definition) is 10. The number of halogens is 1. The Kier molecular flexibility index (Phi) is 20.4. The lowest BCUT2D eigenvalue weighted by atomic mass is 9.95. The van der Waals surface area contributed by atoms with Crippen molar-refractivity contribution in [3.8, 4) is 5.75 Å². The number of aromatic nitrogens is 1. The lowest BCUT2D eigenvalue weighted by molar-refractivity contribution is 0.390. The van der Waals surface area contributed by atoms with E-state index in [2.05, 4.69) is 86.5 Å². The van der Waals surface area contributed by atoms with Gasteiger partial charge < -0.3 is 9.64 Å². The molecule has 0 spiro atoms. The number of azo groups is 2. The summed E-state index contributed by atoms with van der Waals surface area (Å²) in [5.41, 5.74) is 3.37. The van der Waals surface area contributed by atoms with Gasteiger partial charge in [0.05, 0.1) is 24.2 Å². The Morgan fingerprint density at radius 3 is 2.04 bits per heavy atom. The van der Waals surface area contributed by atoms with Gasteiger partial charge in [-0.15, -0.1) is 20.5 Å². The van der Waals surface area contributed by atoms with E-state index in [-0.39, 0.29) is 21.7 Å². The van der Waals surface area contributed by atoms with E-state index in [0.29, 0.717) is 34.8 Å². The van der Waals surface area contributed by atoms with Gasteiger partial charge in [-0.2, -0.15) is 13.1 Å². The van der Waals surface area contributed by atoms with Crippen LogP contribution in [0.15, 0.2) is 56.9 Å². The number of unbranched alkanes of at least 4 members (excludes halogenated alkanes) is 4. The zero-order valence-corrected chi connectivity index (χ0v) is 35.9. The number of thiazole rings is 1. The van der Waals surface area contributed by atoms with Crippen molar-refractivity contribution in [2.24, 2.45) is 32.3 Å². The van der Waals surface area contributed by atoms with Crippen molar-refractivity contribution >= 4 is 66.0 Å². The van der Waals surface area contributed by atoms with E-state index in [0.717, 1.165) is 101 Å². The minimum absolute atomic E-state index is 0.156. The number of methoxy groups -OCH3 is 1. The second-order valence-electron chi connectivity index (χ2n) is 13.9. The predicted molar refractivity (Wildman–Crippen MR) is 228 cm³/mol. The highest BCUT2D eigenvalue weighted by atomic mass is 35.5. The third-order valence-corrected chi connectivity index (χ3v) is 11.8. The molecule has 0 amide bonds. The average molecular weight is 804 g/mol. The molecule has 1 heterocycles. The van der Waals surface area contributed by atoms with Crippen LogP contribution in [0.1, 0.15) is 124 Å². The van der Waals surface area contributed by atoms with Gasteiger partial charge in [-0.1, -0.05) is 128 Å². The van der Waals surface area contributed by atoms with Crippen LogP contribution < -0.4 is 19.1 Å². The van der Waals surface area contributed by atoms with Crippen LogP contribution in [-0.2, 0) is 16.6 Å². The van der Waals surface area contributed by atoms with Crippen LogP contribution in [0.25, 0.3) is 0 Å². The molecule has 2 aromatic carbocycles. The van der Waals surface area contributed by atoms with E-state index in [9.17, 15) is 8.42 Å². The topological polar surface area (TPSA) is 133 Å². The molecule has 1 aromatic heterocycles. The van der Waals surface area contributed by atoms with Crippen molar-refractivity contribution in [2.75, 3.05) is 36.4 Å². The van der Waals surface area contributed by atoms with Gasteiger partial charge in [0.1, 0.15) is 11.4 Å². The van der Waals surface area contributed by atoms with Crippen molar-refractivity contribution < 1.29 is 13.2 Å². The molecule has 0 saturated carbocycles. The van der Waals surface area contributed by atoms with E-state index in [1.165, 1.54) is 18.4 Å². The number of rotatable bonds is 27. The molecule has 0 aliphatic rings. The zero-order valence-electron chi connectivity index (χ0n) is 33.5. The van der Waals surface area contributed by atoms with Gasteiger partial charge in [-0.25, -0.2) is 4.98 Å². The molecule has 3 aromatic rings. The SMILES string of the molecule is CCCCNS(=O)(=O)Nc1cc(N(CC(CC)CCCC)CC(CC)CCCC)c(OC)cc1/N=N\c1nc(Cl)c(/N=N\c2ccc(CCCC)cc2)s1. The number of anilines is 2. The summed E-state index contributed by atoms with van der Waals surface area (Å²) in [6.07, 6.45) is 13.9. The maximum atomic E-state index is 13.3. The first-order valence-electron chi connectivity index (χ1n) is 19.9. The maximum absolute atomic E-state index is 13.3. The summed E-state index contributed by atoms with van der Waals surface area (Å²) in [5.74, 6) is 1.56. The van der Waals surface area contributed by atoms with Gasteiger partial charge in [0, 0.05) is 25.7 Å². The average Bonchev–Trinajstić information content (AvgIpc) is 3.53. The summed E-state index contributed by atoms with van der Waals surface area (Å²) < 4.78 is 38.1. The largest absolute Gasteiger partial charge is 0.494 e. The summed E-state index contributed by atoms with van der Waals surface area (Å²) in [5, 5.41) is 18.4. The Morgan fingerprint density at radius 2 is 1.46 bits per heavy atom. The molecule has 11 nitrogen and oxygen atoms in total. The lowest BCUT2D eigenvalue weighted by Gasteiger charge is -2.34. The monoisotopic (exact) mass is 802 g/mol. The molecule has 14 heteroatoms. The van der Waals surface area contributed by atoms with Crippen LogP contribution in [0.4, 0.5) is 32.9 Å². The Bertz CT molecular complexity index is 1680. The minimum atomic E-state index is -3.92. The van der Waals surface area contributed by atoms with E-state index >= 15 is 0 Å². The molecule has 3 rings (SSSR count). The number of ether oxygens (including phenoxy) is 1. The number of benzene rings is 2. The molecule has 0 aliphatic heterocycles. The third-order valence-electron chi connectivity index (χ3n) is 9.56. The Labute approximate surface area is 334 Å². The zero-order chi connectivity index (χ0) is 39.3. The van der Waals surface area contributed by atoms with Crippen LogP contribution in [0.5, 0.6) is 5.75 Å². The van der Waals surface area contributed by atoms with Crippen LogP contribution in [0, 0.1) is 11.8 Å². The fraction of sp³-hybridized carbons (Fsp3) is 0.625. The van der Waals surface area contributed by atoms with Crippen LogP contribution in [0.3, 0.4) is 0 Å². The normalized spacial score (nSPS) is 13.2. The Hall–Kier alpha value is -3.13. The Morgan fingerprint density at radius 1 is 0.833 bits per heavy atom. The van der Waals surface area contributed by atoms with Gasteiger partial charge in [0.25, 0.3) is 10.2 Å². The fourth-order valence-electron chi connectivity index (χ4n) is 6.12. The standard InChI is InChI=1S/C40H63ClN8O3S2/c1-8-14-18-30(12-5)28-49(29-31(13-6)19-15-9-2)36-26-35(48-54(50,51)42-25-17-11-4)34(27-37(36)52-7)45-47-40-43-38(41)39(53-40)46-44-33-23-21-32(22-24-33)20-16-10-3/h21-24,26-27,30-31,42,48H,8-20,25,28-29H2,1-7H3/b46-44-,47-45-. The number of nitrogens with zero attached hydrogens (tertiary/aromatic N) is 6. The van der Waals surface area contributed by atoms with Crippen molar-refractivity contribution in [3.63, 3.8) is 0 Å². The first-order valence-corrected chi connectivity index (χ1v) is 22.6. The number of nitrogens with one attached hydrogen (secondary N) is 2. The minimum Gasteiger partial charge on any atom is -0.494 e. The smallest absolute Gasteiger partial charge is 0.299 e. The van der Waals surface area contributed by atoms with Gasteiger partial charge >= 0.3 is 0 Å². The van der Waals surface area contributed by atoms with Crippen LogP contribution >= 0.6 is 22.9 Å². The molecular weight excluding hydrogens is 740 g/mol. The van der Waals surface area contributed by atoms with E-state index in [1.807, 2.05) is 25.1 Å². The molecular formula is C40H63ClN8O3S2. The summed E-state index contributed by atoms with van der Waals surface area (Å²) in [6.45, 7) is 15.1. The number of aryl methyl sites for hydroxylation is 1. The van der Waals surface area contributed by atoms with E-state index in [1.54, 1.807) is 13.2 Å². The maximum Gasteiger partial charge on any atom is 0.299 e. The Balaban J connectivity index is 2.03. The van der Waals surface area contributed by atoms with E-state index < -0.39 is 10.2 Å². The highest BCUT2D eigenvalue weighted by Gasteiger charge is 2.24. The number of hydrogen-bond donors (Lipinski definition) is 2. The first kappa shape index (κ1) is 45.3. The van der Waals surface area contributed by atoms with Crippen LogP contribution in [0.2, 0.25) is 5.15 Å². The van der Waals surface area contributed by atoms with Crippen molar-refractivity contribution in [2.45, 2.75) is 125 Å². The third kappa shape index (κ3) is 15.2. The summed E-state index contributed by atoms with van der Waals surface area (Å²) in [6, 6.07) is 11.6. The van der Waals surface area contributed by atoms with Gasteiger partial charge in [-0.05, 0) is 67.7 Å². The molecule has 0 radical (unpaired) electrons. The summed E-state index contributed by atoms with van der Waals surface area (Å²) >= 11 is 7.59. The molecule has 0 saturated heterocycles. The second kappa shape index (κ2) is 24.4.